The van der Waals surface area contributed by atoms with E-state index >= 15 is 0 Å². The Balaban J connectivity index is 3.18. The van der Waals surface area contributed by atoms with Gasteiger partial charge in [0.05, 0.1) is 5.56 Å². The zero-order valence-electron chi connectivity index (χ0n) is 6.66. The molecule has 0 saturated heterocycles. The lowest BCUT2D eigenvalue weighted by molar-refractivity contribution is 0.112. The maximum absolute atomic E-state index is 10.3. The molecule has 12 heavy (non-hydrogen) atoms. The van der Waals surface area contributed by atoms with Crippen LogP contribution in [0.5, 0.6) is 5.75 Å². The summed E-state index contributed by atoms with van der Waals surface area (Å²) in [6.45, 7) is 1.62. The van der Waals surface area contributed by atoms with Crippen LogP contribution in [0.1, 0.15) is 22.8 Å². The molecular formula is C9H9NO2. The SMILES string of the molecule is CC(=N)c1ccc(C=O)c(O)c1. The summed E-state index contributed by atoms with van der Waals surface area (Å²) in [5.41, 5.74) is 1.24. The number of aromatic hydroxyl groups is 1. The third kappa shape index (κ3) is 1.50. The van der Waals surface area contributed by atoms with Gasteiger partial charge in [0.2, 0.25) is 0 Å². The van der Waals surface area contributed by atoms with E-state index in [1.54, 1.807) is 13.0 Å². The predicted octanol–water partition coefficient (Wildman–Crippen LogP) is 1.59. The molecule has 0 radical (unpaired) electrons. The molecule has 2 N–H and O–H groups in total. The van der Waals surface area contributed by atoms with Crippen molar-refractivity contribution in [2.75, 3.05) is 0 Å². The van der Waals surface area contributed by atoms with E-state index in [-0.39, 0.29) is 11.3 Å². The van der Waals surface area contributed by atoms with Crippen molar-refractivity contribution in [1.82, 2.24) is 0 Å². The summed E-state index contributed by atoms with van der Waals surface area (Å²) < 4.78 is 0. The molecule has 3 heteroatoms. The number of carbonyl (C=O) groups is 1. The second-order valence-electron chi connectivity index (χ2n) is 2.52. The van der Waals surface area contributed by atoms with Crippen molar-refractivity contribution in [3.63, 3.8) is 0 Å². The fraction of sp³-hybridized carbons (Fsp3) is 0.111. The largest absolute Gasteiger partial charge is 0.507 e. The Morgan fingerprint density at radius 2 is 2.25 bits per heavy atom. The van der Waals surface area contributed by atoms with Crippen LogP contribution in [0.15, 0.2) is 18.2 Å². The molecule has 62 valence electrons. The summed E-state index contributed by atoms with van der Waals surface area (Å²) in [6.07, 6.45) is 0.582. The maximum Gasteiger partial charge on any atom is 0.153 e. The van der Waals surface area contributed by atoms with Gasteiger partial charge >= 0.3 is 0 Å². The third-order valence-corrected chi connectivity index (χ3v) is 1.59. The fourth-order valence-corrected chi connectivity index (χ4v) is 0.877. The molecule has 0 aliphatic carbocycles. The molecule has 0 spiro atoms. The number of nitrogens with one attached hydrogen (secondary N) is 1. The highest BCUT2D eigenvalue weighted by Crippen LogP contribution is 2.16. The topological polar surface area (TPSA) is 61.2 Å². The smallest absolute Gasteiger partial charge is 0.153 e. The number of aldehydes is 1. The highest BCUT2D eigenvalue weighted by atomic mass is 16.3. The van der Waals surface area contributed by atoms with Gasteiger partial charge in [-0.05, 0) is 24.6 Å². The lowest BCUT2D eigenvalue weighted by atomic mass is 10.1. The van der Waals surface area contributed by atoms with Crippen molar-refractivity contribution < 1.29 is 9.90 Å². The van der Waals surface area contributed by atoms with Gasteiger partial charge in [0.15, 0.2) is 6.29 Å². The van der Waals surface area contributed by atoms with Crippen LogP contribution in [-0.4, -0.2) is 17.1 Å². The van der Waals surface area contributed by atoms with E-state index in [1.165, 1.54) is 12.1 Å². The van der Waals surface area contributed by atoms with Gasteiger partial charge in [-0.1, -0.05) is 6.07 Å². The summed E-state index contributed by atoms with van der Waals surface area (Å²) >= 11 is 0. The molecule has 1 rings (SSSR count). The number of benzene rings is 1. The minimum absolute atomic E-state index is 0.0749. The standard InChI is InChI=1S/C9H9NO2/c1-6(10)7-2-3-8(5-11)9(12)4-7/h2-5,10,12H,1H3. The van der Waals surface area contributed by atoms with Crippen LogP contribution >= 0.6 is 0 Å². The van der Waals surface area contributed by atoms with E-state index < -0.39 is 0 Å². The summed E-state index contributed by atoms with van der Waals surface area (Å²) in [7, 11) is 0. The molecule has 0 amide bonds. The van der Waals surface area contributed by atoms with Crippen LogP contribution in [0.2, 0.25) is 0 Å². The molecule has 0 saturated carbocycles. The zero-order chi connectivity index (χ0) is 9.14. The summed E-state index contributed by atoms with van der Waals surface area (Å²) in [6, 6.07) is 4.54. The highest BCUT2D eigenvalue weighted by Gasteiger charge is 2.01. The van der Waals surface area contributed by atoms with E-state index in [4.69, 9.17) is 5.41 Å². The molecule has 0 aliphatic rings. The van der Waals surface area contributed by atoms with Gasteiger partial charge in [-0.2, -0.15) is 0 Å². The number of phenolic OH excluding ortho intramolecular Hbond substituents is 1. The van der Waals surface area contributed by atoms with Crippen LogP contribution in [0.4, 0.5) is 0 Å². The van der Waals surface area contributed by atoms with E-state index in [1.807, 2.05) is 0 Å². The van der Waals surface area contributed by atoms with Gasteiger partial charge in [0.25, 0.3) is 0 Å². The molecule has 0 heterocycles. The normalized spacial score (nSPS) is 9.42. The average Bonchev–Trinajstić information content (AvgIpc) is 2.04. The van der Waals surface area contributed by atoms with Gasteiger partial charge in [0, 0.05) is 5.71 Å². The second kappa shape index (κ2) is 3.17. The van der Waals surface area contributed by atoms with E-state index in [0.29, 0.717) is 17.6 Å². The van der Waals surface area contributed by atoms with Crippen LogP contribution in [0, 0.1) is 5.41 Å². The molecule has 1 aromatic carbocycles. The first-order valence-electron chi connectivity index (χ1n) is 3.49. The molecule has 0 atom stereocenters. The molecular weight excluding hydrogens is 154 g/mol. The van der Waals surface area contributed by atoms with E-state index in [0.717, 1.165) is 0 Å². The van der Waals surface area contributed by atoms with Gasteiger partial charge < -0.3 is 10.5 Å². The predicted molar refractivity (Wildman–Crippen MR) is 46.0 cm³/mol. The van der Waals surface area contributed by atoms with Crippen LogP contribution in [0.3, 0.4) is 0 Å². The van der Waals surface area contributed by atoms with Crippen molar-refractivity contribution in [2.45, 2.75) is 6.92 Å². The van der Waals surface area contributed by atoms with E-state index in [2.05, 4.69) is 0 Å². The van der Waals surface area contributed by atoms with Crippen LogP contribution in [0.25, 0.3) is 0 Å². The second-order valence-corrected chi connectivity index (χ2v) is 2.52. The van der Waals surface area contributed by atoms with Gasteiger partial charge in [-0.25, -0.2) is 0 Å². The van der Waals surface area contributed by atoms with Crippen LogP contribution in [-0.2, 0) is 0 Å². The fourth-order valence-electron chi connectivity index (χ4n) is 0.877. The third-order valence-electron chi connectivity index (χ3n) is 1.59. The van der Waals surface area contributed by atoms with Crippen molar-refractivity contribution >= 4 is 12.0 Å². The van der Waals surface area contributed by atoms with Crippen molar-refractivity contribution in [1.29, 1.82) is 5.41 Å². The number of hydrogen-bond acceptors (Lipinski definition) is 3. The van der Waals surface area contributed by atoms with Gasteiger partial charge in [-0.15, -0.1) is 0 Å². The quantitative estimate of drug-likeness (QED) is 0.513. The monoisotopic (exact) mass is 163 g/mol. The molecule has 3 nitrogen and oxygen atoms in total. The minimum atomic E-state index is -0.0749. The van der Waals surface area contributed by atoms with Crippen LogP contribution < -0.4 is 0 Å². The lowest BCUT2D eigenvalue weighted by Crippen LogP contribution is -1.92. The lowest BCUT2D eigenvalue weighted by Gasteiger charge is -2.00. The van der Waals surface area contributed by atoms with Crippen molar-refractivity contribution in [3.8, 4) is 5.75 Å². The molecule has 0 aliphatic heterocycles. The molecule has 1 aromatic rings. The number of phenols is 1. The zero-order valence-corrected chi connectivity index (χ0v) is 6.66. The van der Waals surface area contributed by atoms with Crippen molar-refractivity contribution in [2.24, 2.45) is 0 Å². The number of carbonyl (C=O) groups excluding carboxylic acids is 1. The van der Waals surface area contributed by atoms with E-state index in [9.17, 15) is 9.90 Å². The van der Waals surface area contributed by atoms with Gasteiger partial charge in [0.1, 0.15) is 5.75 Å². The first-order chi connectivity index (χ1) is 5.65. The maximum atomic E-state index is 10.3. The Labute approximate surface area is 70.2 Å². The summed E-state index contributed by atoms with van der Waals surface area (Å²) in [5.74, 6) is -0.0749. The van der Waals surface area contributed by atoms with Crippen molar-refractivity contribution in [3.05, 3.63) is 29.3 Å². The Bertz CT molecular complexity index is 331. The molecule has 0 aromatic heterocycles. The Hall–Kier alpha value is -1.64. The van der Waals surface area contributed by atoms with Gasteiger partial charge in [-0.3, -0.25) is 4.79 Å². The molecule has 0 unspecified atom stereocenters. The first-order valence-corrected chi connectivity index (χ1v) is 3.49. The first kappa shape index (κ1) is 8.46. The number of rotatable bonds is 2. The summed E-state index contributed by atoms with van der Waals surface area (Å²) in [4.78, 5) is 10.3. The molecule has 0 bridgehead atoms. The Morgan fingerprint density at radius 3 is 2.67 bits per heavy atom. The highest BCUT2D eigenvalue weighted by molar-refractivity contribution is 5.97. The Kier molecular flexibility index (Phi) is 2.24. The Morgan fingerprint density at radius 1 is 1.58 bits per heavy atom. The minimum Gasteiger partial charge on any atom is -0.507 e. The molecule has 0 fully saturated rings. The number of hydrogen-bond donors (Lipinski definition) is 2. The summed E-state index contributed by atoms with van der Waals surface area (Å²) in [5, 5.41) is 16.5. The average molecular weight is 163 g/mol.